The van der Waals surface area contributed by atoms with Gasteiger partial charge in [0.25, 0.3) is 0 Å². The van der Waals surface area contributed by atoms with Gasteiger partial charge >= 0.3 is 0 Å². The van der Waals surface area contributed by atoms with E-state index in [2.05, 4.69) is 13.8 Å². The van der Waals surface area contributed by atoms with E-state index in [1.165, 1.54) is 12.8 Å². The highest BCUT2D eigenvalue weighted by Gasteiger charge is 2.51. The Morgan fingerprint density at radius 1 is 1.40 bits per heavy atom. The standard InChI is InChI=1S/C9H14O/c1-9(2)5-6-3-4-7(6)8(9)10/h6-7H,3-5H2,1-2H3/t6-,7-/m1/s1. The van der Waals surface area contributed by atoms with Crippen LogP contribution in [0.5, 0.6) is 0 Å². The van der Waals surface area contributed by atoms with Crippen LogP contribution in [0.1, 0.15) is 33.1 Å². The maximum atomic E-state index is 11.5. The van der Waals surface area contributed by atoms with Gasteiger partial charge in [0.05, 0.1) is 0 Å². The fourth-order valence-electron chi connectivity index (χ4n) is 2.42. The van der Waals surface area contributed by atoms with Gasteiger partial charge in [0, 0.05) is 11.3 Å². The van der Waals surface area contributed by atoms with Crippen molar-refractivity contribution in [1.82, 2.24) is 0 Å². The van der Waals surface area contributed by atoms with Gasteiger partial charge in [0.2, 0.25) is 0 Å². The van der Waals surface area contributed by atoms with E-state index in [-0.39, 0.29) is 5.41 Å². The molecule has 0 aromatic heterocycles. The minimum atomic E-state index is 0.0197. The average molecular weight is 138 g/mol. The largest absolute Gasteiger partial charge is 0.299 e. The Kier molecular flexibility index (Phi) is 1.04. The molecule has 0 amide bonds. The van der Waals surface area contributed by atoms with Gasteiger partial charge in [0.15, 0.2) is 0 Å². The van der Waals surface area contributed by atoms with Gasteiger partial charge in [0.1, 0.15) is 5.78 Å². The van der Waals surface area contributed by atoms with Gasteiger partial charge in [-0.25, -0.2) is 0 Å². The summed E-state index contributed by atoms with van der Waals surface area (Å²) in [6.45, 7) is 4.18. The highest BCUT2D eigenvalue weighted by atomic mass is 16.1. The molecule has 2 fully saturated rings. The van der Waals surface area contributed by atoms with E-state index in [4.69, 9.17) is 0 Å². The zero-order valence-electron chi connectivity index (χ0n) is 6.68. The SMILES string of the molecule is CC1(C)C[C@H]2CC[C@H]2C1=O. The number of Topliss-reactive ketones (excluding diaryl/α,β-unsaturated/α-hetero) is 1. The second-order valence-corrected chi connectivity index (χ2v) is 4.40. The molecule has 2 rings (SSSR count). The molecule has 2 atom stereocenters. The first-order valence-corrected chi connectivity index (χ1v) is 4.15. The molecule has 2 aliphatic carbocycles. The third-order valence-corrected chi connectivity index (χ3v) is 3.19. The Labute approximate surface area is 61.8 Å². The molecule has 1 heteroatoms. The zero-order valence-corrected chi connectivity index (χ0v) is 6.68. The molecular formula is C9H14O. The monoisotopic (exact) mass is 138 g/mol. The Bertz CT molecular complexity index is 181. The topological polar surface area (TPSA) is 17.1 Å². The minimum Gasteiger partial charge on any atom is -0.299 e. The summed E-state index contributed by atoms with van der Waals surface area (Å²) in [5.41, 5.74) is 0.0197. The number of ketones is 1. The molecule has 2 saturated carbocycles. The number of carbonyl (C=O) groups excluding carboxylic acids is 1. The number of hydrogen-bond acceptors (Lipinski definition) is 1. The van der Waals surface area contributed by atoms with E-state index >= 15 is 0 Å². The van der Waals surface area contributed by atoms with Crippen molar-refractivity contribution in [2.45, 2.75) is 33.1 Å². The molecule has 0 aromatic carbocycles. The van der Waals surface area contributed by atoms with E-state index in [9.17, 15) is 4.79 Å². The van der Waals surface area contributed by atoms with Gasteiger partial charge in [-0.05, 0) is 25.2 Å². The van der Waals surface area contributed by atoms with Crippen LogP contribution in [0.25, 0.3) is 0 Å². The minimum absolute atomic E-state index is 0.0197. The molecule has 10 heavy (non-hydrogen) atoms. The summed E-state index contributed by atoms with van der Waals surface area (Å²) in [5.74, 6) is 1.77. The van der Waals surface area contributed by atoms with Crippen LogP contribution in [-0.2, 0) is 4.79 Å². The predicted octanol–water partition coefficient (Wildman–Crippen LogP) is 2.01. The Morgan fingerprint density at radius 3 is 2.30 bits per heavy atom. The van der Waals surface area contributed by atoms with Gasteiger partial charge < -0.3 is 0 Å². The van der Waals surface area contributed by atoms with E-state index in [0.29, 0.717) is 11.7 Å². The number of hydrogen-bond donors (Lipinski definition) is 0. The van der Waals surface area contributed by atoms with Crippen LogP contribution < -0.4 is 0 Å². The number of carbonyl (C=O) groups is 1. The zero-order chi connectivity index (χ0) is 7.35. The van der Waals surface area contributed by atoms with Gasteiger partial charge in [-0.3, -0.25) is 4.79 Å². The molecule has 1 nitrogen and oxygen atoms in total. The van der Waals surface area contributed by atoms with Crippen LogP contribution in [0.4, 0.5) is 0 Å². The summed E-state index contributed by atoms with van der Waals surface area (Å²) >= 11 is 0. The Balaban J connectivity index is 2.24. The molecule has 56 valence electrons. The van der Waals surface area contributed by atoms with Crippen molar-refractivity contribution in [3.63, 3.8) is 0 Å². The summed E-state index contributed by atoms with van der Waals surface area (Å²) in [6, 6.07) is 0. The first kappa shape index (κ1) is 6.38. The Morgan fingerprint density at radius 2 is 2.10 bits per heavy atom. The first-order valence-electron chi connectivity index (χ1n) is 4.15. The molecule has 0 radical (unpaired) electrons. The van der Waals surface area contributed by atoms with Crippen LogP contribution in [0.15, 0.2) is 0 Å². The maximum Gasteiger partial charge on any atom is 0.141 e. The lowest BCUT2D eigenvalue weighted by atomic mass is 9.76. The molecule has 0 N–H and O–H groups in total. The quantitative estimate of drug-likeness (QED) is 0.500. The van der Waals surface area contributed by atoms with Crippen LogP contribution >= 0.6 is 0 Å². The lowest BCUT2D eigenvalue weighted by Crippen LogP contribution is -2.27. The summed E-state index contributed by atoms with van der Waals surface area (Å²) in [5, 5.41) is 0. The molecule has 0 unspecified atom stereocenters. The van der Waals surface area contributed by atoms with Crippen LogP contribution in [0.2, 0.25) is 0 Å². The van der Waals surface area contributed by atoms with Crippen molar-refractivity contribution in [3.8, 4) is 0 Å². The normalized spacial score (nSPS) is 42.8. The van der Waals surface area contributed by atoms with Crippen molar-refractivity contribution in [3.05, 3.63) is 0 Å². The van der Waals surface area contributed by atoms with Crippen molar-refractivity contribution in [2.24, 2.45) is 17.3 Å². The summed E-state index contributed by atoms with van der Waals surface area (Å²) in [6.07, 6.45) is 3.63. The number of rotatable bonds is 0. The number of fused-ring (bicyclic) bond motifs is 1. The second-order valence-electron chi connectivity index (χ2n) is 4.40. The van der Waals surface area contributed by atoms with Crippen molar-refractivity contribution in [2.75, 3.05) is 0 Å². The summed E-state index contributed by atoms with van der Waals surface area (Å²) < 4.78 is 0. The lowest BCUT2D eigenvalue weighted by molar-refractivity contribution is -0.129. The van der Waals surface area contributed by atoms with Gasteiger partial charge in [-0.1, -0.05) is 13.8 Å². The molecule has 0 bridgehead atoms. The van der Waals surface area contributed by atoms with Gasteiger partial charge in [-0.2, -0.15) is 0 Å². The van der Waals surface area contributed by atoms with E-state index < -0.39 is 0 Å². The molecular weight excluding hydrogens is 124 g/mol. The van der Waals surface area contributed by atoms with E-state index in [1.807, 2.05) is 0 Å². The average Bonchev–Trinajstić information content (AvgIpc) is 1.91. The van der Waals surface area contributed by atoms with Crippen LogP contribution in [0, 0.1) is 17.3 Å². The summed E-state index contributed by atoms with van der Waals surface area (Å²) in [4.78, 5) is 11.5. The van der Waals surface area contributed by atoms with E-state index in [0.717, 1.165) is 12.3 Å². The van der Waals surface area contributed by atoms with Crippen molar-refractivity contribution < 1.29 is 4.79 Å². The fourth-order valence-corrected chi connectivity index (χ4v) is 2.42. The highest BCUT2D eigenvalue weighted by Crippen LogP contribution is 2.52. The van der Waals surface area contributed by atoms with Crippen molar-refractivity contribution in [1.29, 1.82) is 0 Å². The third-order valence-electron chi connectivity index (χ3n) is 3.19. The lowest BCUT2D eigenvalue weighted by Gasteiger charge is -2.27. The molecule has 0 saturated heterocycles. The summed E-state index contributed by atoms with van der Waals surface area (Å²) in [7, 11) is 0. The van der Waals surface area contributed by atoms with E-state index in [1.54, 1.807) is 0 Å². The van der Waals surface area contributed by atoms with Crippen LogP contribution in [-0.4, -0.2) is 5.78 Å². The molecule has 0 aliphatic heterocycles. The molecule has 0 spiro atoms. The Hall–Kier alpha value is -0.330. The maximum absolute atomic E-state index is 11.5. The highest BCUT2D eigenvalue weighted by molar-refractivity contribution is 5.89. The third kappa shape index (κ3) is 0.609. The smallest absolute Gasteiger partial charge is 0.141 e. The second kappa shape index (κ2) is 1.63. The molecule has 0 heterocycles. The fraction of sp³-hybridized carbons (Fsp3) is 0.889. The first-order chi connectivity index (χ1) is 4.61. The van der Waals surface area contributed by atoms with Crippen LogP contribution in [0.3, 0.4) is 0 Å². The van der Waals surface area contributed by atoms with Crippen molar-refractivity contribution >= 4 is 5.78 Å². The molecule has 0 aromatic rings. The molecule has 2 aliphatic rings. The van der Waals surface area contributed by atoms with Gasteiger partial charge in [-0.15, -0.1) is 0 Å². The predicted molar refractivity (Wildman–Crippen MR) is 39.6 cm³/mol.